The first-order chi connectivity index (χ1) is 18.6. The van der Waals surface area contributed by atoms with Gasteiger partial charge < -0.3 is 14.4 Å². The lowest BCUT2D eigenvalue weighted by atomic mass is 10.0. The van der Waals surface area contributed by atoms with Gasteiger partial charge in [0.2, 0.25) is 5.88 Å². The van der Waals surface area contributed by atoms with Crippen molar-refractivity contribution in [2.75, 3.05) is 0 Å². The summed E-state index contributed by atoms with van der Waals surface area (Å²) < 4.78 is 7.11. The third kappa shape index (κ3) is 11.6. The Morgan fingerprint density at radius 2 is 1.16 bits per heavy atom. The number of aromatic nitrogens is 1. The van der Waals surface area contributed by atoms with Gasteiger partial charge in [0.05, 0.1) is 11.1 Å². The molecule has 0 amide bonds. The molecule has 0 saturated carbocycles. The van der Waals surface area contributed by atoms with Gasteiger partial charge in [-0.25, -0.2) is 4.79 Å². The molecule has 0 fully saturated rings. The third-order valence-corrected chi connectivity index (χ3v) is 7.63. The molecule has 0 saturated heterocycles. The summed E-state index contributed by atoms with van der Waals surface area (Å²) >= 11 is 0. The number of fused-ring (bicyclic) bond motifs is 1. The van der Waals surface area contributed by atoms with Crippen LogP contribution in [0.1, 0.15) is 153 Å². The zero-order valence-electron chi connectivity index (χ0n) is 24.3. The topological polar surface area (TPSA) is 68.5 Å². The number of hydrogen-bond acceptors (Lipinski definition) is 3. The molecule has 0 unspecified atom stereocenters. The smallest absolute Gasteiger partial charge is 0.449 e. The van der Waals surface area contributed by atoms with Gasteiger partial charge in [-0.3, -0.25) is 4.79 Å². The lowest BCUT2D eigenvalue weighted by Gasteiger charge is -2.10. The van der Waals surface area contributed by atoms with Crippen molar-refractivity contribution in [1.29, 1.82) is 0 Å². The average molecular weight is 528 g/mol. The van der Waals surface area contributed by atoms with Crippen molar-refractivity contribution in [2.24, 2.45) is 0 Å². The molecule has 214 valence electrons. The molecule has 1 heterocycles. The van der Waals surface area contributed by atoms with Gasteiger partial charge >= 0.3 is 6.16 Å². The van der Waals surface area contributed by atoms with Crippen LogP contribution in [0.3, 0.4) is 0 Å². The van der Waals surface area contributed by atoms with E-state index in [0.717, 1.165) is 55.8 Å². The van der Waals surface area contributed by atoms with Gasteiger partial charge in [-0.05, 0) is 18.9 Å². The zero-order valence-corrected chi connectivity index (χ0v) is 24.3. The van der Waals surface area contributed by atoms with Crippen LogP contribution < -0.4 is 4.74 Å². The van der Waals surface area contributed by atoms with Crippen molar-refractivity contribution in [2.45, 2.75) is 149 Å². The fourth-order valence-electron chi connectivity index (χ4n) is 5.44. The molecule has 0 aliphatic rings. The van der Waals surface area contributed by atoms with E-state index in [4.69, 9.17) is 4.74 Å². The molecular weight excluding hydrogens is 474 g/mol. The summed E-state index contributed by atoms with van der Waals surface area (Å²) in [5.74, 6) is 0.181. The molecule has 0 aliphatic heterocycles. The van der Waals surface area contributed by atoms with Crippen LogP contribution in [0.4, 0.5) is 4.79 Å². The molecule has 1 aromatic carbocycles. The minimum absolute atomic E-state index is 0.0144. The molecule has 38 heavy (non-hydrogen) atoms. The molecule has 2 rings (SSSR count). The van der Waals surface area contributed by atoms with E-state index in [1.165, 1.54) is 77.0 Å². The summed E-state index contributed by atoms with van der Waals surface area (Å²) in [5, 5.41) is 10.2. The maximum atomic E-state index is 13.3. The Labute approximate surface area is 231 Å². The number of carbonyl (C=O) groups excluding carboxylic acids is 1. The lowest BCUT2D eigenvalue weighted by molar-refractivity contribution is 0.0975. The molecule has 1 aromatic heterocycles. The van der Waals surface area contributed by atoms with Crippen LogP contribution in [0, 0.1) is 0 Å². The van der Waals surface area contributed by atoms with E-state index >= 15 is 0 Å². The maximum Gasteiger partial charge on any atom is 0.512 e. The number of para-hydroxylation sites is 1. The largest absolute Gasteiger partial charge is 0.512 e. The molecule has 5 heteroatoms. The predicted molar refractivity (Wildman–Crippen MR) is 159 cm³/mol. The Hall–Kier alpha value is -2.30. The summed E-state index contributed by atoms with van der Waals surface area (Å²) in [7, 11) is 0. The van der Waals surface area contributed by atoms with Crippen LogP contribution in [0.2, 0.25) is 0 Å². The van der Waals surface area contributed by atoms with E-state index in [-0.39, 0.29) is 11.7 Å². The summed E-state index contributed by atoms with van der Waals surface area (Å²) in [5.41, 5.74) is 1.31. The summed E-state index contributed by atoms with van der Waals surface area (Å²) in [6, 6.07) is 7.69. The van der Waals surface area contributed by atoms with E-state index in [1.54, 1.807) is 0 Å². The molecule has 2 aromatic rings. The molecule has 0 atom stereocenters. The highest BCUT2D eigenvalue weighted by molar-refractivity contribution is 6.11. The first-order valence-corrected chi connectivity index (χ1v) is 15.6. The fourth-order valence-corrected chi connectivity index (χ4v) is 5.44. The Morgan fingerprint density at radius 1 is 0.684 bits per heavy atom. The second-order valence-corrected chi connectivity index (χ2v) is 10.9. The lowest BCUT2D eigenvalue weighted by Crippen LogP contribution is -2.12. The first kappa shape index (κ1) is 31.9. The Bertz CT molecular complexity index is 932. The highest BCUT2D eigenvalue weighted by Crippen LogP contribution is 2.34. The molecule has 0 bridgehead atoms. The number of Topliss-reactive ketones (excluding diaryl/α,β-unsaturated/α-hetero) is 1. The van der Waals surface area contributed by atoms with E-state index in [2.05, 4.69) is 13.8 Å². The summed E-state index contributed by atoms with van der Waals surface area (Å²) in [6.45, 7) is 5.08. The number of ether oxygens (including phenoxy) is 1. The molecular formula is C33H53NO4. The number of benzene rings is 1. The van der Waals surface area contributed by atoms with Crippen molar-refractivity contribution >= 4 is 22.8 Å². The van der Waals surface area contributed by atoms with Gasteiger partial charge in [0.1, 0.15) is 0 Å². The molecule has 5 nitrogen and oxygen atoms in total. The van der Waals surface area contributed by atoms with E-state index in [0.29, 0.717) is 18.5 Å². The number of carbonyl (C=O) groups is 2. The van der Waals surface area contributed by atoms with Crippen LogP contribution in [0.25, 0.3) is 10.9 Å². The van der Waals surface area contributed by atoms with Crippen LogP contribution in [-0.4, -0.2) is 21.6 Å². The number of nitrogens with zero attached hydrogens (tertiary/aromatic N) is 1. The van der Waals surface area contributed by atoms with E-state index < -0.39 is 6.16 Å². The van der Waals surface area contributed by atoms with Gasteiger partial charge in [-0.2, -0.15) is 0 Å². The zero-order chi connectivity index (χ0) is 27.4. The normalized spacial score (nSPS) is 11.3. The SMILES string of the molecule is CCCCCCCCCCCCCCCCCC(=O)c1c(OC(=O)O)n(CCCCCC)c2ccccc12. The Morgan fingerprint density at radius 3 is 1.68 bits per heavy atom. The number of aryl methyl sites for hydroxylation is 1. The molecule has 1 N–H and O–H groups in total. The van der Waals surface area contributed by atoms with Crippen molar-refractivity contribution < 1.29 is 19.4 Å². The van der Waals surface area contributed by atoms with Crippen LogP contribution >= 0.6 is 0 Å². The van der Waals surface area contributed by atoms with Crippen molar-refractivity contribution in [3.05, 3.63) is 29.8 Å². The first-order valence-electron chi connectivity index (χ1n) is 15.6. The number of unbranched alkanes of at least 4 members (excludes halogenated alkanes) is 17. The van der Waals surface area contributed by atoms with Gasteiger partial charge in [-0.1, -0.05) is 141 Å². The van der Waals surface area contributed by atoms with Crippen molar-refractivity contribution in [3.63, 3.8) is 0 Å². The minimum Gasteiger partial charge on any atom is -0.449 e. The van der Waals surface area contributed by atoms with Gasteiger partial charge in [0.25, 0.3) is 0 Å². The van der Waals surface area contributed by atoms with Crippen molar-refractivity contribution in [1.82, 2.24) is 4.57 Å². The van der Waals surface area contributed by atoms with Crippen LogP contribution in [0.15, 0.2) is 24.3 Å². The number of ketones is 1. The van der Waals surface area contributed by atoms with Crippen LogP contribution in [0.5, 0.6) is 5.88 Å². The minimum atomic E-state index is -1.37. The third-order valence-electron chi connectivity index (χ3n) is 7.63. The number of carboxylic acid groups (broad SMARTS) is 1. The average Bonchev–Trinajstić information content (AvgIpc) is 3.21. The Kier molecular flexibility index (Phi) is 16.6. The second kappa shape index (κ2) is 19.7. The standard InChI is InChI=1S/C33H53NO4/c1-3-5-7-9-10-11-12-13-14-15-16-17-18-19-20-26-30(35)31-28-24-21-22-25-29(28)34(27-23-8-6-4-2)32(31)38-33(36)37/h21-22,24-25H,3-20,23,26-27H2,1-2H3,(H,36,37). The van der Waals surface area contributed by atoms with Crippen molar-refractivity contribution in [3.8, 4) is 5.88 Å². The van der Waals surface area contributed by atoms with Crippen LogP contribution in [-0.2, 0) is 6.54 Å². The quantitative estimate of drug-likeness (QED) is 0.0886. The predicted octanol–water partition coefficient (Wildman–Crippen LogP) is 10.7. The van der Waals surface area contributed by atoms with Gasteiger partial charge in [0, 0.05) is 18.4 Å². The van der Waals surface area contributed by atoms with E-state index in [1.807, 2.05) is 28.8 Å². The van der Waals surface area contributed by atoms with Gasteiger partial charge in [0.15, 0.2) is 5.78 Å². The maximum absolute atomic E-state index is 13.3. The highest BCUT2D eigenvalue weighted by Gasteiger charge is 2.25. The molecule has 0 aliphatic carbocycles. The Balaban J connectivity index is 1.75. The highest BCUT2D eigenvalue weighted by atomic mass is 16.7. The van der Waals surface area contributed by atoms with E-state index in [9.17, 15) is 14.7 Å². The molecule has 0 spiro atoms. The number of hydrogen-bond donors (Lipinski definition) is 1. The molecule has 0 radical (unpaired) electrons. The summed E-state index contributed by atoms with van der Waals surface area (Å²) in [6.07, 6.45) is 22.6. The number of rotatable bonds is 23. The van der Waals surface area contributed by atoms with Gasteiger partial charge in [-0.15, -0.1) is 0 Å². The monoisotopic (exact) mass is 527 g/mol. The summed E-state index contributed by atoms with van der Waals surface area (Å²) in [4.78, 5) is 24.8. The second-order valence-electron chi connectivity index (χ2n) is 10.9. The fraction of sp³-hybridized carbons (Fsp3) is 0.697.